The molecule has 5 aromatic carbocycles. The third kappa shape index (κ3) is 5.73. The molecular formula is C47H32N6S2. The highest BCUT2D eigenvalue weighted by Crippen LogP contribution is 2.39. The molecule has 262 valence electrons. The van der Waals surface area contributed by atoms with Gasteiger partial charge in [-0.2, -0.15) is 0 Å². The molecule has 2 aliphatic rings. The van der Waals surface area contributed by atoms with Crippen LogP contribution >= 0.6 is 22.7 Å². The first-order chi connectivity index (χ1) is 27.2. The Balaban J connectivity index is 0.959. The van der Waals surface area contributed by atoms with E-state index in [0.717, 1.165) is 108 Å². The summed E-state index contributed by atoms with van der Waals surface area (Å²) in [5, 5.41) is 4.39. The van der Waals surface area contributed by atoms with E-state index >= 15 is 0 Å². The van der Waals surface area contributed by atoms with Crippen LogP contribution in [-0.4, -0.2) is 29.5 Å². The minimum atomic E-state index is 0.675. The largest absolute Gasteiger partial charge is 0.285 e. The summed E-state index contributed by atoms with van der Waals surface area (Å²) in [6.07, 6.45) is 16.9. The first-order valence-corrected chi connectivity index (χ1v) is 20.3. The SMILES string of the molecule is C1=CCCC(c2nc(C3=CCCC=C3)nc(-c3ccc4sc(-c5cccc(-c6ccc7c(c6)c6ccccc6n7-c6nc7ccccc7s6)c5)nc4c3)n2)=C1. The minimum absolute atomic E-state index is 0.675. The second-order valence-electron chi connectivity index (χ2n) is 13.9. The molecular weight excluding hydrogens is 713 g/mol. The summed E-state index contributed by atoms with van der Waals surface area (Å²) in [7, 11) is 0. The number of nitrogens with zero attached hydrogens (tertiary/aromatic N) is 6. The topological polar surface area (TPSA) is 69.4 Å². The smallest absolute Gasteiger partial charge is 0.195 e. The Morgan fingerprint density at radius 3 is 2.25 bits per heavy atom. The van der Waals surface area contributed by atoms with Gasteiger partial charge in [-0.15, -0.1) is 11.3 Å². The van der Waals surface area contributed by atoms with Crippen LogP contribution in [0, 0.1) is 0 Å². The summed E-state index contributed by atoms with van der Waals surface area (Å²) < 4.78 is 4.62. The van der Waals surface area contributed by atoms with Gasteiger partial charge in [0.2, 0.25) is 0 Å². The van der Waals surface area contributed by atoms with Crippen molar-refractivity contribution in [3.63, 3.8) is 0 Å². The maximum Gasteiger partial charge on any atom is 0.195 e. The average molecular weight is 745 g/mol. The van der Waals surface area contributed by atoms with Gasteiger partial charge in [-0.1, -0.05) is 102 Å². The number of fused-ring (bicyclic) bond motifs is 5. The number of para-hydroxylation sites is 2. The lowest BCUT2D eigenvalue weighted by molar-refractivity contribution is 0.953. The Hall–Kier alpha value is -6.35. The van der Waals surface area contributed by atoms with E-state index in [9.17, 15) is 0 Å². The van der Waals surface area contributed by atoms with Gasteiger partial charge in [0.05, 0.1) is 31.5 Å². The number of hydrogen-bond donors (Lipinski definition) is 0. The van der Waals surface area contributed by atoms with Crippen molar-refractivity contribution in [1.29, 1.82) is 0 Å². The summed E-state index contributed by atoms with van der Waals surface area (Å²) in [6, 6.07) is 38.9. The first-order valence-electron chi connectivity index (χ1n) is 18.6. The summed E-state index contributed by atoms with van der Waals surface area (Å²) in [4.78, 5) is 25.1. The number of allylic oxidation sites excluding steroid dienone is 8. The van der Waals surface area contributed by atoms with Gasteiger partial charge in [0.25, 0.3) is 0 Å². The van der Waals surface area contributed by atoms with Gasteiger partial charge in [0, 0.05) is 27.5 Å². The maximum absolute atomic E-state index is 5.17. The predicted octanol–water partition coefficient (Wildman–Crippen LogP) is 12.7. The van der Waals surface area contributed by atoms with Crippen molar-refractivity contribution in [3.05, 3.63) is 157 Å². The minimum Gasteiger partial charge on any atom is -0.285 e. The van der Waals surface area contributed by atoms with Gasteiger partial charge in [-0.3, -0.25) is 4.57 Å². The van der Waals surface area contributed by atoms with Gasteiger partial charge in [-0.25, -0.2) is 24.9 Å². The van der Waals surface area contributed by atoms with Crippen molar-refractivity contribution in [2.45, 2.75) is 25.7 Å². The number of aromatic nitrogens is 6. The quantitative estimate of drug-likeness (QED) is 0.170. The van der Waals surface area contributed by atoms with Crippen molar-refractivity contribution in [3.8, 4) is 38.2 Å². The summed E-state index contributed by atoms with van der Waals surface area (Å²) in [6.45, 7) is 0. The molecule has 0 N–H and O–H groups in total. The Kier molecular flexibility index (Phi) is 7.70. The predicted molar refractivity (Wildman–Crippen MR) is 230 cm³/mol. The van der Waals surface area contributed by atoms with Gasteiger partial charge in [0.15, 0.2) is 22.6 Å². The second kappa shape index (κ2) is 13.2. The Morgan fingerprint density at radius 1 is 0.527 bits per heavy atom. The monoisotopic (exact) mass is 744 g/mol. The van der Waals surface area contributed by atoms with Crippen molar-refractivity contribution >= 4 is 76.1 Å². The zero-order valence-electron chi connectivity index (χ0n) is 29.7. The van der Waals surface area contributed by atoms with Gasteiger partial charge >= 0.3 is 0 Å². The van der Waals surface area contributed by atoms with Crippen LogP contribution in [0.1, 0.15) is 37.3 Å². The lowest BCUT2D eigenvalue weighted by Gasteiger charge is -2.12. The molecule has 4 heterocycles. The van der Waals surface area contributed by atoms with Crippen LogP contribution in [0.15, 0.2) is 146 Å². The fourth-order valence-corrected chi connectivity index (χ4v) is 9.62. The molecule has 0 atom stereocenters. The van der Waals surface area contributed by atoms with Crippen LogP contribution in [-0.2, 0) is 0 Å². The lowest BCUT2D eigenvalue weighted by atomic mass is 10.0. The van der Waals surface area contributed by atoms with E-state index in [1.54, 1.807) is 22.7 Å². The summed E-state index contributed by atoms with van der Waals surface area (Å²) in [5.41, 5.74) is 10.8. The summed E-state index contributed by atoms with van der Waals surface area (Å²) >= 11 is 3.43. The molecule has 0 radical (unpaired) electrons. The molecule has 0 amide bonds. The number of benzene rings is 5. The van der Waals surface area contributed by atoms with E-state index < -0.39 is 0 Å². The first kappa shape index (κ1) is 32.1. The van der Waals surface area contributed by atoms with E-state index in [1.165, 1.54) is 15.5 Å². The fraction of sp³-hybridized carbons (Fsp3) is 0.0851. The molecule has 0 aliphatic heterocycles. The summed E-state index contributed by atoms with van der Waals surface area (Å²) in [5.74, 6) is 2.15. The molecule has 0 fully saturated rings. The van der Waals surface area contributed by atoms with E-state index in [2.05, 4.69) is 144 Å². The van der Waals surface area contributed by atoms with Crippen molar-refractivity contribution in [1.82, 2.24) is 29.5 Å². The van der Waals surface area contributed by atoms with Crippen LogP contribution in [0.25, 0.3) is 91.6 Å². The lowest BCUT2D eigenvalue weighted by Crippen LogP contribution is -2.06. The normalized spacial score (nSPS) is 14.3. The zero-order chi connectivity index (χ0) is 36.3. The molecule has 11 rings (SSSR count). The van der Waals surface area contributed by atoms with Crippen molar-refractivity contribution in [2.24, 2.45) is 0 Å². The van der Waals surface area contributed by atoms with E-state index in [4.69, 9.17) is 24.9 Å². The van der Waals surface area contributed by atoms with Crippen molar-refractivity contribution in [2.75, 3.05) is 0 Å². The third-order valence-electron chi connectivity index (χ3n) is 10.4. The zero-order valence-corrected chi connectivity index (χ0v) is 31.3. The van der Waals surface area contributed by atoms with Crippen LogP contribution in [0.4, 0.5) is 0 Å². The van der Waals surface area contributed by atoms with Gasteiger partial charge in [-0.05, 0) is 97.0 Å². The maximum atomic E-state index is 5.17. The number of rotatable bonds is 6. The molecule has 2 aliphatic carbocycles. The van der Waals surface area contributed by atoms with E-state index in [-0.39, 0.29) is 0 Å². The standard InChI is InChI=1S/C47H32N6S2/c1-3-12-29(13-4-1)43-50-44(30-14-5-2-6-15-30)52-45(51-43)33-23-25-42-38(28-33)48-46(54-42)34-17-11-16-31(26-34)32-22-24-40-36(27-32)35-18-7-9-20-39(35)53(40)47-49-37-19-8-10-21-41(37)55-47/h1,3,5,7-12,14-28H,2,4,6,13H2. The highest BCUT2D eigenvalue weighted by Gasteiger charge is 2.19. The molecule has 0 unspecified atom stereocenters. The fourth-order valence-electron chi connectivity index (χ4n) is 7.68. The van der Waals surface area contributed by atoms with Gasteiger partial charge in [0.1, 0.15) is 5.01 Å². The highest BCUT2D eigenvalue weighted by atomic mass is 32.1. The molecule has 9 aromatic rings. The highest BCUT2D eigenvalue weighted by molar-refractivity contribution is 7.21. The van der Waals surface area contributed by atoms with E-state index in [0.29, 0.717) is 5.82 Å². The van der Waals surface area contributed by atoms with Crippen LogP contribution in [0.5, 0.6) is 0 Å². The van der Waals surface area contributed by atoms with Crippen LogP contribution in [0.3, 0.4) is 0 Å². The molecule has 6 nitrogen and oxygen atoms in total. The Morgan fingerprint density at radius 2 is 1.35 bits per heavy atom. The Bertz CT molecular complexity index is 3090. The third-order valence-corrected chi connectivity index (χ3v) is 12.5. The van der Waals surface area contributed by atoms with E-state index in [1.807, 2.05) is 6.07 Å². The molecule has 0 bridgehead atoms. The Labute approximate surface area is 325 Å². The van der Waals surface area contributed by atoms with Crippen LogP contribution in [0.2, 0.25) is 0 Å². The average Bonchev–Trinajstić information content (AvgIpc) is 3.97. The second-order valence-corrected chi connectivity index (χ2v) is 16.0. The molecule has 0 saturated carbocycles. The number of thiazole rings is 2. The molecule has 55 heavy (non-hydrogen) atoms. The molecule has 0 spiro atoms. The van der Waals surface area contributed by atoms with Crippen molar-refractivity contribution < 1.29 is 0 Å². The van der Waals surface area contributed by atoms with Crippen LogP contribution < -0.4 is 0 Å². The molecule has 0 saturated heterocycles. The molecule has 8 heteroatoms. The van der Waals surface area contributed by atoms with Gasteiger partial charge < -0.3 is 0 Å². The molecule has 4 aromatic heterocycles. The number of hydrogen-bond acceptors (Lipinski definition) is 7.